The Morgan fingerprint density at radius 3 is 2.95 bits per heavy atom. The molecule has 0 saturated carbocycles. The van der Waals surface area contributed by atoms with Gasteiger partial charge in [0, 0.05) is 37.8 Å². The van der Waals surface area contributed by atoms with Crippen molar-refractivity contribution in [2.24, 2.45) is 5.92 Å². The van der Waals surface area contributed by atoms with Crippen molar-refractivity contribution < 1.29 is 9.90 Å². The summed E-state index contributed by atoms with van der Waals surface area (Å²) in [6.45, 7) is 6.57. The van der Waals surface area contributed by atoms with Gasteiger partial charge in [0.15, 0.2) is 0 Å². The first-order valence-electron chi connectivity index (χ1n) is 7.40. The number of aryl methyl sites for hydroxylation is 1. The smallest absolute Gasteiger partial charge is 0.255 e. The average Bonchev–Trinajstić information content (AvgIpc) is 2.93. The summed E-state index contributed by atoms with van der Waals surface area (Å²) in [6, 6.07) is 5.91. The number of anilines is 1. The summed E-state index contributed by atoms with van der Waals surface area (Å²) in [7, 11) is 0. The van der Waals surface area contributed by atoms with Gasteiger partial charge in [-0.1, -0.05) is 13.0 Å². The topological polar surface area (TPSA) is 52.6 Å². The van der Waals surface area contributed by atoms with Gasteiger partial charge < -0.3 is 15.3 Å². The number of hydrogen-bond donors (Lipinski definition) is 2. The molecule has 4 heteroatoms. The van der Waals surface area contributed by atoms with E-state index >= 15 is 0 Å². The quantitative estimate of drug-likeness (QED) is 0.867. The van der Waals surface area contributed by atoms with E-state index in [1.165, 1.54) is 0 Å². The van der Waals surface area contributed by atoms with E-state index in [0.717, 1.165) is 42.7 Å². The normalized spacial score (nSPS) is 18.4. The van der Waals surface area contributed by atoms with Crippen molar-refractivity contribution in [1.82, 2.24) is 4.90 Å². The lowest BCUT2D eigenvalue weighted by atomic mass is 10.1. The van der Waals surface area contributed by atoms with Crippen LogP contribution in [0.2, 0.25) is 0 Å². The number of rotatable bonds is 5. The van der Waals surface area contributed by atoms with Crippen LogP contribution in [0.5, 0.6) is 0 Å². The van der Waals surface area contributed by atoms with E-state index in [4.69, 9.17) is 0 Å². The molecule has 2 N–H and O–H groups in total. The summed E-state index contributed by atoms with van der Waals surface area (Å²) in [6.07, 6.45) is 1.92. The second-order valence-corrected chi connectivity index (χ2v) is 5.56. The van der Waals surface area contributed by atoms with Crippen LogP contribution < -0.4 is 5.32 Å². The van der Waals surface area contributed by atoms with Crippen molar-refractivity contribution in [3.8, 4) is 0 Å². The van der Waals surface area contributed by atoms with E-state index in [-0.39, 0.29) is 18.4 Å². The minimum Gasteiger partial charge on any atom is -0.396 e. The Balaban J connectivity index is 2.16. The molecule has 1 aliphatic rings. The predicted molar refractivity (Wildman–Crippen MR) is 81.1 cm³/mol. The Hall–Kier alpha value is -1.55. The van der Waals surface area contributed by atoms with Crippen LogP contribution in [-0.2, 0) is 0 Å². The Labute approximate surface area is 120 Å². The first-order valence-corrected chi connectivity index (χ1v) is 7.40. The summed E-state index contributed by atoms with van der Waals surface area (Å²) in [5.74, 6) is 0.302. The molecule has 0 aromatic heterocycles. The highest BCUT2D eigenvalue weighted by Gasteiger charge is 2.27. The molecule has 1 fully saturated rings. The SMILES string of the molecule is CCCNc1cc(C)ccc1C(=O)N1CCC(CO)C1. The second kappa shape index (κ2) is 6.75. The van der Waals surface area contributed by atoms with Crippen LogP contribution >= 0.6 is 0 Å². The summed E-state index contributed by atoms with van der Waals surface area (Å²) in [5.41, 5.74) is 2.81. The Bertz CT molecular complexity index is 474. The number of hydrogen-bond acceptors (Lipinski definition) is 3. The third-order valence-electron chi connectivity index (χ3n) is 3.80. The molecular formula is C16H24N2O2. The maximum Gasteiger partial charge on any atom is 0.255 e. The van der Waals surface area contributed by atoms with E-state index in [1.807, 2.05) is 30.0 Å². The molecule has 0 radical (unpaired) electrons. The highest BCUT2D eigenvalue weighted by atomic mass is 16.3. The number of nitrogens with one attached hydrogen (secondary N) is 1. The molecule has 1 unspecified atom stereocenters. The fraction of sp³-hybridized carbons (Fsp3) is 0.562. The van der Waals surface area contributed by atoms with Gasteiger partial charge in [0.2, 0.25) is 0 Å². The number of aliphatic hydroxyl groups excluding tert-OH is 1. The minimum absolute atomic E-state index is 0.0690. The standard InChI is InChI=1S/C16H24N2O2/c1-3-7-17-15-9-12(2)4-5-14(15)16(20)18-8-6-13(10-18)11-19/h4-5,9,13,17,19H,3,6-8,10-11H2,1-2H3. The Morgan fingerprint density at radius 1 is 1.50 bits per heavy atom. The lowest BCUT2D eigenvalue weighted by Gasteiger charge is -2.19. The molecule has 1 atom stereocenters. The van der Waals surface area contributed by atoms with Gasteiger partial charge in [0.1, 0.15) is 0 Å². The second-order valence-electron chi connectivity index (χ2n) is 5.56. The van der Waals surface area contributed by atoms with E-state index in [1.54, 1.807) is 0 Å². The molecule has 1 aromatic carbocycles. The molecule has 0 spiro atoms. The third-order valence-corrected chi connectivity index (χ3v) is 3.80. The molecule has 4 nitrogen and oxygen atoms in total. The lowest BCUT2D eigenvalue weighted by molar-refractivity contribution is 0.0783. The van der Waals surface area contributed by atoms with Gasteiger partial charge in [-0.2, -0.15) is 0 Å². The molecule has 1 aliphatic heterocycles. The maximum atomic E-state index is 12.6. The first-order chi connectivity index (χ1) is 9.65. The molecular weight excluding hydrogens is 252 g/mol. The van der Waals surface area contributed by atoms with Crippen molar-refractivity contribution in [1.29, 1.82) is 0 Å². The van der Waals surface area contributed by atoms with Crippen LogP contribution in [0.25, 0.3) is 0 Å². The zero-order valence-electron chi connectivity index (χ0n) is 12.4. The molecule has 1 aromatic rings. The molecule has 2 rings (SSSR count). The maximum absolute atomic E-state index is 12.6. The average molecular weight is 276 g/mol. The molecule has 1 amide bonds. The summed E-state index contributed by atoms with van der Waals surface area (Å²) in [4.78, 5) is 14.5. The fourth-order valence-electron chi connectivity index (χ4n) is 2.59. The Morgan fingerprint density at radius 2 is 2.30 bits per heavy atom. The van der Waals surface area contributed by atoms with Gasteiger partial charge in [0.05, 0.1) is 5.56 Å². The largest absolute Gasteiger partial charge is 0.396 e. The van der Waals surface area contributed by atoms with Crippen molar-refractivity contribution in [3.05, 3.63) is 29.3 Å². The summed E-state index contributed by atoms with van der Waals surface area (Å²) >= 11 is 0. The van der Waals surface area contributed by atoms with Gasteiger partial charge in [-0.3, -0.25) is 4.79 Å². The van der Waals surface area contributed by atoms with E-state index < -0.39 is 0 Å². The summed E-state index contributed by atoms with van der Waals surface area (Å²) in [5, 5.41) is 12.5. The van der Waals surface area contributed by atoms with Crippen LogP contribution in [-0.4, -0.2) is 42.2 Å². The van der Waals surface area contributed by atoms with Gasteiger partial charge in [-0.25, -0.2) is 0 Å². The number of carbonyl (C=O) groups excluding carboxylic acids is 1. The van der Waals surface area contributed by atoms with Gasteiger partial charge in [-0.05, 0) is 37.5 Å². The van der Waals surface area contributed by atoms with E-state index in [2.05, 4.69) is 12.2 Å². The van der Waals surface area contributed by atoms with Crippen LogP contribution in [0.15, 0.2) is 18.2 Å². The predicted octanol–water partition coefficient (Wildman–Crippen LogP) is 2.27. The van der Waals surface area contributed by atoms with Gasteiger partial charge in [0.25, 0.3) is 5.91 Å². The zero-order chi connectivity index (χ0) is 14.5. The number of carbonyl (C=O) groups is 1. The number of amides is 1. The van der Waals surface area contributed by atoms with Crippen molar-refractivity contribution in [2.75, 3.05) is 31.6 Å². The third kappa shape index (κ3) is 3.31. The number of likely N-dealkylation sites (tertiary alicyclic amines) is 1. The van der Waals surface area contributed by atoms with E-state index in [0.29, 0.717) is 6.54 Å². The highest BCUT2D eigenvalue weighted by Crippen LogP contribution is 2.23. The van der Waals surface area contributed by atoms with Crippen molar-refractivity contribution >= 4 is 11.6 Å². The number of aliphatic hydroxyl groups is 1. The molecule has 0 bridgehead atoms. The molecule has 1 heterocycles. The number of benzene rings is 1. The fourth-order valence-corrected chi connectivity index (χ4v) is 2.59. The van der Waals surface area contributed by atoms with Crippen LogP contribution in [0.1, 0.15) is 35.7 Å². The van der Waals surface area contributed by atoms with Gasteiger partial charge >= 0.3 is 0 Å². The van der Waals surface area contributed by atoms with Crippen LogP contribution in [0, 0.1) is 12.8 Å². The zero-order valence-corrected chi connectivity index (χ0v) is 12.4. The molecule has 1 saturated heterocycles. The van der Waals surface area contributed by atoms with Crippen molar-refractivity contribution in [3.63, 3.8) is 0 Å². The van der Waals surface area contributed by atoms with E-state index in [9.17, 15) is 9.90 Å². The van der Waals surface area contributed by atoms with Gasteiger partial charge in [-0.15, -0.1) is 0 Å². The van der Waals surface area contributed by atoms with Crippen molar-refractivity contribution in [2.45, 2.75) is 26.7 Å². The molecule has 20 heavy (non-hydrogen) atoms. The van der Waals surface area contributed by atoms with Crippen LogP contribution in [0.4, 0.5) is 5.69 Å². The lowest BCUT2D eigenvalue weighted by Crippen LogP contribution is -2.29. The monoisotopic (exact) mass is 276 g/mol. The highest BCUT2D eigenvalue weighted by molar-refractivity contribution is 5.99. The summed E-state index contributed by atoms with van der Waals surface area (Å²) < 4.78 is 0. The molecule has 0 aliphatic carbocycles. The Kier molecular flexibility index (Phi) is 5.01. The molecule has 110 valence electrons. The van der Waals surface area contributed by atoms with Crippen LogP contribution in [0.3, 0.4) is 0 Å². The number of nitrogens with zero attached hydrogens (tertiary/aromatic N) is 1. The first kappa shape index (κ1) is 14.9. The minimum atomic E-state index is 0.0690.